The topological polar surface area (TPSA) is 95.8 Å². The first-order chi connectivity index (χ1) is 14.4. The second-order valence-electron chi connectivity index (χ2n) is 8.44. The summed E-state index contributed by atoms with van der Waals surface area (Å²) < 4.78 is 0. The largest absolute Gasteiger partial charge is 0.352 e. The molecule has 30 heavy (non-hydrogen) atoms. The molecule has 1 N–H and O–H groups in total. The molecule has 1 aromatic carbocycles. The molecule has 1 saturated carbocycles. The first kappa shape index (κ1) is 22.2. The van der Waals surface area contributed by atoms with Gasteiger partial charge in [0.1, 0.15) is 0 Å². The maximum Gasteiger partial charge on any atom is 0.269 e. The third-order valence-electron chi connectivity index (χ3n) is 6.44. The van der Waals surface area contributed by atoms with E-state index in [4.69, 9.17) is 0 Å². The van der Waals surface area contributed by atoms with Gasteiger partial charge in [0.15, 0.2) is 0 Å². The van der Waals surface area contributed by atoms with Crippen molar-refractivity contribution < 1.29 is 14.5 Å². The minimum Gasteiger partial charge on any atom is -0.352 e. The van der Waals surface area contributed by atoms with E-state index < -0.39 is 4.92 Å². The van der Waals surface area contributed by atoms with Crippen LogP contribution in [0.4, 0.5) is 5.69 Å². The number of benzene rings is 1. The molecule has 1 aliphatic carbocycles. The van der Waals surface area contributed by atoms with E-state index in [1.807, 2.05) is 6.92 Å². The summed E-state index contributed by atoms with van der Waals surface area (Å²) in [6.07, 6.45) is 5.43. The van der Waals surface area contributed by atoms with Crippen LogP contribution in [0.1, 0.15) is 56.3 Å². The van der Waals surface area contributed by atoms with Crippen molar-refractivity contribution in [2.75, 3.05) is 26.2 Å². The van der Waals surface area contributed by atoms with Crippen molar-refractivity contribution in [3.8, 4) is 0 Å². The van der Waals surface area contributed by atoms with E-state index in [1.54, 1.807) is 4.90 Å². The van der Waals surface area contributed by atoms with Gasteiger partial charge in [-0.2, -0.15) is 0 Å². The zero-order valence-electron chi connectivity index (χ0n) is 17.9. The Morgan fingerprint density at radius 1 is 1.13 bits per heavy atom. The van der Waals surface area contributed by atoms with Crippen molar-refractivity contribution in [3.05, 3.63) is 39.9 Å². The van der Waals surface area contributed by atoms with Crippen LogP contribution in [0.5, 0.6) is 0 Å². The molecule has 0 aromatic heterocycles. The van der Waals surface area contributed by atoms with Crippen LogP contribution in [0.2, 0.25) is 0 Å². The third kappa shape index (κ3) is 5.16. The van der Waals surface area contributed by atoms with Gasteiger partial charge in [0.2, 0.25) is 5.91 Å². The Bertz CT molecular complexity index is 753. The van der Waals surface area contributed by atoms with Gasteiger partial charge in [-0.3, -0.25) is 24.6 Å². The van der Waals surface area contributed by atoms with Crippen molar-refractivity contribution in [1.29, 1.82) is 0 Å². The average molecular weight is 417 g/mol. The second-order valence-corrected chi connectivity index (χ2v) is 8.44. The molecule has 0 bridgehead atoms. The van der Waals surface area contributed by atoms with Crippen molar-refractivity contribution in [2.24, 2.45) is 5.92 Å². The van der Waals surface area contributed by atoms with Gasteiger partial charge in [-0.05, 0) is 44.2 Å². The van der Waals surface area contributed by atoms with Gasteiger partial charge in [-0.25, -0.2) is 0 Å². The number of amides is 2. The van der Waals surface area contributed by atoms with E-state index in [-0.39, 0.29) is 29.6 Å². The van der Waals surface area contributed by atoms with Gasteiger partial charge in [0.25, 0.3) is 11.6 Å². The molecule has 2 fully saturated rings. The van der Waals surface area contributed by atoms with E-state index in [0.717, 1.165) is 19.3 Å². The molecule has 1 saturated heterocycles. The standard InChI is InChI=1S/C22H32N4O4/c1-3-16(2)23-21(27)20(17-6-4-5-7-17)24-12-14-25(15-13-24)22(28)18-8-10-19(11-9-18)26(29)30/h8-11,16-17,20H,3-7,12-15H2,1-2H3,(H,23,27)/t16-,20-/m0/s1. The molecule has 8 heteroatoms. The summed E-state index contributed by atoms with van der Waals surface area (Å²) in [4.78, 5) is 40.2. The lowest BCUT2D eigenvalue weighted by Gasteiger charge is -2.41. The molecule has 1 aliphatic heterocycles. The third-order valence-corrected chi connectivity index (χ3v) is 6.44. The van der Waals surface area contributed by atoms with Crippen molar-refractivity contribution >= 4 is 17.5 Å². The second kappa shape index (κ2) is 10.0. The van der Waals surface area contributed by atoms with Gasteiger partial charge in [-0.1, -0.05) is 19.8 Å². The molecule has 8 nitrogen and oxygen atoms in total. The highest BCUT2D eigenvalue weighted by molar-refractivity contribution is 5.94. The quantitative estimate of drug-likeness (QED) is 0.545. The first-order valence-electron chi connectivity index (χ1n) is 11.0. The highest BCUT2D eigenvalue weighted by Crippen LogP contribution is 2.31. The Labute approximate surface area is 177 Å². The lowest BCUT2D eigenvalue weighted by atomic mass is 9.94. The molecule has 1 aromatic rings. The lowest BCUT2D eigenvalue weighted by molar-refractivity contribution is -0.384. The molecule has 2 atom stereocenters. The van der Waals surface area contributed by atoms with Crippen LogP contribution in [0.3, 0.4) is 0 Å². The lowest BCUT2D eigenvalue weighted by Crippen LogP contribution is -2.58. The zero-order valence-corrected chi connectivity index (χ0v) is 17.9. The molecule has 0 spiro atoms. The number of hydrogen-bond donors (Lipinski definition) is 1. The highest BCUT2D eigenvalue weighted by atomic mass is 16.6. The number of piperazine rings is 1. The molecule has 2 amide bonds. The van der Waals surface area contributed by atoms with Gasteiger partial charge in [-0.15, -0.1) is 0 Å². The maximum atomic E-state index is 13.0. The van der Waals surface area contributed by atoms with E-state index in [2.05, 4.69) is 17.1 Å². The van der Waals surface area contributed by atoms with Crippen LogP contribution in [0.15, 0.2) is 24.3 Å². The van der Waals surface area contributed by atoms with Crippen molar-refractivity contribution in [3.63, 3.8) is 0 Å². The summed E-state index contributed by atoms with van der Waals surface area (Å²) in [6.45, 7) is 6.52. The Morgan fingerprint density at radius 2 is 1.73 bits per heavy atom. The fraction of sp³-hybridized carbons (Fsp3) is 0.636. The fourth-order valence-corrected chi connectivity index (χ4v) is 4.49. The van der Waals surface area contributed by atoms with Gasteiger partial charge in [0, 0.05) is 49.9 Å². The van der Waals surface area contributed by atoms with Gasteiger partial charge < -0.3 is 10.2 Å². The number of non-ortho nitro benzene ring substituents is 1. The summed E-state index contributed by atoms with van der Waals surface area (Å²) in [5.41, 5.74) is 0.430. The Hall–Kier alpha value is -2.48. The number of nitrogens with zero attached hydrogens (tertiary/aromatic N) is 3. The number of rotatable bonds is 7. The van der Waals surface area contributed by atoms with E-state index in [1.165, 1.54) is 37.1 Å². The number of carbonyl (C=O) groups excluding carboxylic acids is 2. The summed E-state index contributed by atoms with van der Waals surface area (Å²) >= 11 is 0. The zero-order chi connectivity index (χ0) is 21.7. The van der Waals surface area contributed by atoms with Crippen LogP contribution >= 0.6 is 0 Å². The molecule has 3 rings (SSSR count). The SMILES string of the molecule is CC[C@H](C)NC(=O)[C@H](C1CCCC1)N1CCN(C(=O)c2ccc([N+](=O)[O-])cc2)CC1. The molecule has 164 valence electrons. The number of nitro benzene ring substituents is 1. The van der Waals surface area contributed by atoms with Crippen molar-refractivity contribution in [2.45, 2.75) is 58.0 Å². The predicted molar refractivity (Wildman–Crippen MR) is 114 cm³/mol. The first-order valence-corrected chi connectivity index (χ1v) is 11.0. The Morgan fingerprint density at radius 3 is 2.27 bits per heavy atom. The van der Waals surface area contributed by atoms with Gasteiger partial charge in [0.05, 0.1) is 11.0 Å². The smallest absolute Gasteiger partial charge is 0.269 e. The fourth-order valence-electron chi connectivity index (χ4n) is 4.49. The van der Waals surface area contributed by atoms with Crippen LogP contribution in [-0.2, 0) is 4.79 Å². The molecular weight excluding hydrogens is 384 g/mol. The number of nitrogens with one attached hydrogen (secondary N) is 1. The maximum absolute atomic E-state index is 13.0. The summed E-state index contributed by atoms with van der Waals surface area (Å²) in [6, 6.07) is 5.77. The normalized spacial score (nSPS) is 20.0. The molecular formula is C22H32N4O4. The Kier molecular flexibility index (Phi) is 7.42. The summed E-state index contributed by atoms with van der Waals surface area (Å²) in [5.74, 6) is 0.378. The average Bonchev–Trinajstić information content (AvgIpc) is 3.28. The molecule has 0 unspecified atom stereocenters. The molecule has 0 radical (unpaired) electrons. The van der Waals surface area contributed by atoms with Crippen molar-refractivity contribution in [1.82, 2.24) is 15.1 Å². The van der Waals surface area contributed by atoms with Crippen LogP contribution in [0.25, 0.3) is 0 Å². The van der Waals surface area contributed by atoms with E-state index >= 15 is 0 Å². The van der Waals surface area contributed by atoms with E-state index in [9.17, 15) is 19.7 Å². The minimum absolute atomic E-state index is 0.0249. The van der Waals surface area contributed by atoms with Crippen LogP contribution in [-0.4, -0.2) is 64.8 Å². The molecule has 2 aliphatic rings. The van der Waals surface area contributed by atoms with Gasteiger partial charge >= 0.3 is 0 Å². The number of nitro groups is 1. The van der Waals surface area contributed by atoms with E-state index in [0.29, 0.717) is 37.7 Å². The Balaban J connectivity index is 1.63. The molecule has 1 heterocycles. The monoisotopic (exact) mass is 416 g/mol. The predicted octanol–water partition coefficient (Wildman–Crippen LogP) is 2.83. The minimum atomic E-state index is -0.472. The highest BCUT2D eigenvalue weighted by Gasteiger charge is 2.37. The number of hydrogen-bond acceptors (Lipinski definition) is 5. The summed E-state index contributed by atoms with van der Waals surface area (Å²) in [5, 5.41) is 14.0. The summed E-state index contributed by atoms with van der Waals surface area (Å²) in [7, 11) is 0. The number of carbonyl (C=O) groups is 2. The van der Waals surface area contributed by atoms with Crippen LogP contribution in [0, 0.1) is 16.0 Å². The van der Waals surface area contributed by atoms with Crippen LogP contribution < -0.4 is 5.32 Å².